The van der Waals surface area contributed by atoms with Crippen LogP contribution in [0.15, 0.2) is 30.5 Å². The first-order valence-electron chi connectivity index (χ1n) is 7.92. The van der Waals surface area contributed by atoms with Crippen molar-refractivity contribution >= 4 is 5.91 Å². The molecular weight excluding hydrogens is 274 g/mol. The lowest BCUT2D eigenvalue weighted by Gasteiger charge is -2.34. The van der Waals surface area contributed by atoms with Crippen LogP contribution in [0, 0.1) is 20.8 Å². The molecule has 4 heteroatoms. The molecule has 1 aliphatic heterocycles. The molecule has 2 aromatic rings. The molecule has 1 fully saturated rings. The quantitative estimate of drug-likeness (QED) is 0.853. The van der Waals surface area contributed by atoms with E-state index in [0.717, 1.165) is 42.9 Å². The normalized spacial score (nSPS) is 18.5. The molecule has 116 valence electrons. The summed E-state index contributed by atoms with van der Waals surface area (Å²) in [5.74, 6) is 1.18. The summed E-state index contributed by atoms with van der Waals surface area (Å²) in [6.45, 7) is 7.75. The highest BCUT2D eigenvalue weighted by Crippen LogP contribution is 2.25. The molecule has 1 aromatic heterocycles. The molecular formula is C18H23N3O. The second-order valence-corrected chi connectivity index (χ2v) is 6.23. The lowest BCUT2D eigenvalue weighted by atomic mass is 10.0. The number of carbonyl (C=O) groups is 1. The van der Waals surface area contributed by atoms with Gasteiger partial charge in [-0.15, -0.1) is 0 Å². The van der Waals surface area contributed by atoms with Crippen molar-refractivity contribution in [1.82, 2.24) is 14.5 Å². The van der Waals surface area contributed by atoms with Gasteiger partial charge in [-0.2, -0.15) is 0 Å². The van der Waals surface area contributed by atoms with E-state index in [1.807, 2.05) is 49.2 Å². The third-order valence-corrected chi connectivity index (χ3v) is 4.48. The smallest absolute Gasteiger partial charge is 0.253 e. The largest absolute Gasteiger partial charge is 0.337 e. The van der Waals surface area contributed by atoms with E-state index in [1.54, 1.807) is 0 Å². The summed E-state index contributed by atoms with van der Waals surface area (Å²) < 4.78 is 2.27. The minimum absolute atomic E-state index is 0.142. The van der Waals surface area contributed by atoms with E-state index in [-0.39, 0.29) is 5.91 Å². The number of amides is 1. The van der Waals surface area contributed by atoms with Gasteiger partial charge < -0.3 is 9.47 Å². The van der Waals surface area contributed by atoms with E-state index in [4.69, 9.17) is 0 Å². The highest BCUT2D eigenvalue weighted by atomic mass is 16.2. The van der Waals surface area contributed by atoms with Crippen molar-refractivity contribution in [3.63, 3.8) is 0 Å². The van der Waals surface area contributed by atoms with E-state index >= 15 is 0 Å². The summed E-state index contributed by atoms with van der Waals surface area (Å²) in [4.78, 5) is 19.1. The van der Waals surface area contributed by atoms with Crippen molar-refractivity contribution in [3.8, 4) is 0 Å². The number of aryl methyl sites for hydroxylation is 3. The third-order valence-electron chi connectivity index (χ3n) is 4.48. The predicted molar refractivity (Wildman–Crippen MR) is 87.1 cm³/mol. The van der Waals surface area contributed by atoms with Crippen LogP contribution >= 0.6 is 0 Å². The van der Waals surface area contributed by atoms with Crippen LogP contribution in [0.1, 0.15) is 46.3 Å². The van der Waals surface area contributed by atoms with Crippen LogP contribution in [0.25, 0.3) is 0 Å². The molecule has 3 rings (SSSR count). The number of carbonyl (C=O) groups excluding carboxylic acids is 1. The van der Waals surface area contributed by atoms with Crippen molar-refractivity contribution in [2.75, 3.05) is 13.1 Å². The Labute approximate surface area is 131 Å². The first kappa shape index (κ1) is 14.8. The van der Waals surface area contributed by atoms with E-state index in [2.05, 4.69) is 16.5 Å². The lowest BCUT2D eigenvalue weighted by Crippen LogP contribution is -2.41. The van der Waals surface area contributed by atoms with Crippen molar-refractivity contribution in [3.05, 3.63) is 53.1 Å². The summed E-state index contributed by atoms with van der Waals surface area (Å²) >= 11 is 0. The molecule has 1 amide bonds. The zero-order chi connectivity index (χ0) is 15.7. The van der Waals surface area contributed by atoms with Crippen LogP contribution in [-0.4, -0.2) is 33.4 Å². The Morgan fingerprint density at radius 1 is 1.27 bits per heavy atom. The maximum Gasteiger partial charge on any atom is 0.253 e. The van der Waals surface area contributed by atoms with Crippen molar-refractivity contribution in [1.29, 1.82) is 0 Å². The molecule has 2 heterocycles. The summed E-state index contributed by atoms with van der Waals surface area (Å²) in [7, 11) is 0. The second-order valence-electron chi connectivity index (χ2n) is 6.23. The maximum absolute atomic E-state index is 12.7. The van der Waals surface area contributed by atoms with Gasteiger partial charge in [-0.25, -0.2) is 4.98 Å². The Balaban J connectivity index is 1.80. The number of aromatic nitrogens is 2. The van der Waals surface area contributed by atoms with Gasteiger partial charge in [-0.1, -0.05) is 17.7 Å². The highest BCUT2D eigenvalue weighted by molar-refractivity contribution is 5.94. The average molecular weight is 297 g/mol. The summed E-state index contributed by atoms with van der Waals surface area (Å²) in [6.07, 6.45) is 4.06. The fraction of sp³-hybridized carbons (Fsp3) is 0.444. The van der Waals surface area contributed by atoms with Crippen LogP contribution in [-0.2, 0) is 0 Å². The number of rotatable bonds is 2. The molecule has 1 aromatic carbocycles. The molecule has 1 unspecified atom stereocenters. The topological polar surface area (TPSA) is 38.1 Å². The SMILES string of the molecule is Cc1cccc(C(=O)N2CCCC(n3c(C)cnc3C)C2)c1. The zero-order valence-corrected chi connectivity index (χ0v) is 13.5. The Bertz CT molecular complexity index is 670. The minimum Gasteiger partial charge on any atom is -0.337 e. The van der Waals surface area contributed by atoms with Gasteiger partial charge in [0.2, 0.25) is 0 Å². The van der Waals surface area contributed by atoms with Crippen LogP contribution < -0.4 is 0 Å². The molecule has 4 nitrogen and oxygen atoms in total. The van der Waals surface area contributed by atoms with E-state index in [0.29, 0.717) is 6.04 Å². The monoisotopic (exact) mass is 297 g/mol. The van der Waals surface area contributed by atoms with Crippen molar-refractivity contribution in [2.45, 2.75) is 39.7 Å². The second kappa shape index (κ2) is 5.95. The number of nitrogens with zero attached hydrogens (tertiary/aromatic N) is 3. The predicted octanol–water partition coefficient (Wildman–Crippen LogP) is 3.29. The van der Waals surface area contributed by atoms with Gasteiger partial charge in [0.25, 0.3) is 5.91 Å². The number of hydrogen-bond acceptors (Lipinski definition) is 2. The van der Waals surface area contributed by atoms with Crippen molar-refractivity contribution in [2.24, 2.45) is 0 Å². The molecule has 0 saturated carbocycles. The van der Waals surface area contributed by atoms with Gasteiger partial charge in [0, 0.05) is 30.5 Å². The molecule has 0 spiro atoms. The molecule has 0 radical (unpaired) electrons. The number of imidazole rings is 1. The number of hydrogen-bond donors (Lipinski definition) is 0. The minimum atomic E-state index is 0.142. The Morgan fingerprint density at radius 2 is 2.09 bits per heavy atom. The Morgan fingerprint density at radius 3 is 2.77 bits per heavy atom. The van der Waals surface area contributed by atoms with Gasteiger partial charge in [-0.05, 0) is 45.7 Å². The molecule has 22 heavy (non-hydrogen) atoms. The lowest BCUT2D eigenvalue weighted by molar-refractivity contribution is 0.0677. The first-order valence-corrected chi connectivity index (χ1v) is 7.92. The fourth-order valence-electron chi connectivity index (χ4n) is 3.43. The number of piperidine rings is 1. The maximum atomic E-state index is 12.7. The van der Waals surface area contributed by atoms with Crippen LogP contribution in [0.2, 0.25) is 0 Å². The molecule has 1 atom stereocenters. The van der Waals surface area contributed by atoms with Crippen molar-refractivity contribution < 1.29 is 4.79 Å². The third kappa shape index (κ3) is 2.78. The fourth-order valence-corrected chi connectivity index (χ4v) is 3.43. The number of benzene rings is 1. The van der Waals surface area contributed by atoms with Gasteiger partial charge >= 0.3 is 0 Å². The molecule has 1 saturated heterocycles. The van der Waals surface area contributed by atoms with Gasteiger partial charge in [0.15, 0.2) is 0 Å². The molecule has 1 aliphatic rings. The van der Waals surface area contributed by atoms with Gasteiger partial charge in [0.05, 0.1) is 6.04 Å². The molecule has 0 N–H and O–H groups in total. The summed E-state index contributed by atoms with van der Waals surface area (Å²) in [6, 6.07) is 8.19. The zero-order valence-electron chi connectivity index (χ0n) is 13.5. The van der Waals surface area contributed by atoms with Crippen LogP contribution in [0.5, 0.6) is 0 Å². The van der Waals surface area contributed by atoms with Gasteiger partial charge in [0.1, 0.15) is 5.82 Å². The molecule has 0 aliphatic carbocycles. The van der Waals surface area contributed by atoms with E-state index in [9.17, 15) is 4.79 Å². The van der Waals surface area contributed by atoms with E-state index < -0.39 is 0 Å². The highest BCUT2D eigenvalue weighted by Gasteiger charge is 2.26. The number of likely N-dealkylation sites (tertiary alicyclic amines) is 1. The average Bonchev–Trinajstić information content (AvgIpc) is 2.85. The van der Waals surface area contributed by atoms with Gasteiger partial charge in [-0.3, -0.25) is 4.79 Å². The Hall–Kier alpha value is -2.10. The van der Waals surface area contributed by atoms with Crippen LogP contribution in [0.3, 0.4) is 0 Å². The summed E-state index contributed by atoms with van der Waals surface area (Å²) in [5, 5.41) is 0. The summed E-state index contributed by atoms with van der Waals surface area (Å²) in [5.41, 5.74) is 3.09. The standard InChI is InChI=1S/C18H23N3O/c1-13-6-4-7-16(10-13)18(22)20-9-5-8-17(12-20)21-14(2)11-19-15(21)3/h4,6-7,10-11,17H,5,8-9,12H2,1-3H3. The Kier molecular flexibility index (Phi) is 4.01. The first-order chi connectivity index (χ1) is 10.6. The van der Waals surface area contributed by atoms with E-state index in [1.165, 1.54) is 5.69 Å². The van der Waals surface area contributed by atoms with Crippen LogP contribution in [0.4, 0.5) is 0 Å². The molecule has 0 bridgehead atoms.